The van der Waals surface area contributed by atoms with Crippen molar-refractivity contribution in [3.63, 3.8) is 0 Å². The number of alkyl halides is 2. The zero-order valence-corrected chi connectivity index (χ0v) is 18.9. The summed E-state index contributed by atoms with van der Waals surface area (Å²) in [4.78, 5) is 0. The third-order valence-corrected chi connectivity index (χ3v) is 5.63. The Morgan fingerprint density at radius 3 is 1.75 bits per heavy atom. The van der Waals surface area contributed by atoms with Gasteiger partial charge in [-0.15, -0.1) is 0 Å². The topological polar surface area (TPSA) is 9.23 Å². The number of halogens is 7. The van der Waals surface area contributed by atoms with Gasteiger partial charge in [0, 0.05) is 5.56 Å². The van der Waals surface area contributed by atoms with Crippen LogP contribution < -0.4 is 4.74 Å². The van der Waals surface area contributed by atoms with E-state index in [9.17, 15) is 30.7 Å². The van der Waals surface area contributed by atoms with Crippen LogP contribution in [-0.4, -0.2) is 0 Å². The Bertz CT molecular complexity index is 1360. The van der Waals surface area contributed by atoms with Crippen LogP contribution in [0.3, 0.4) is 0 Å². The van der Waals surface area contributed by atoms with Gasteiger partial charge < -0.3 is 4.74 Å². The Balaban J connectivity index is 1.56. The van der Waals surface area contributed by atoms with Gasteiger partial charge in [-0.25, -0.2) is 17.6 Å². The van der Waals surface area contributed by atoms with Gasteiger partial charge in [0.25, 0.3) is 0 Å². The van der Waals surface area contributed by atoms with Crippen LogP contribution in [-0.2, 0) is 12.5 Å². The molecule has 0 aliphatic heterocycles. The Morgan fingerprint density at radius 1 is 0.639 bits per heavy atom. The maximum Gasteiger partial charge on any atom is 0.426 e. The Labute approximate surface area is 202 Å². The molecule has 1 nitrogen and oxygen atoms in total. The highest BCUT2D eigenvalue weighted by Crippen LogP contribution is 2.37. The summed E-state index contributed by atoms with van der Waals surface area (Å²) in [6.45, 7) is 2.07. The number of aryl methyl sites for hydroxylation is 1. The van der Waals surface area contributed by atoms with Crippen LogP contribution in [0.5, 0.6) is 5.75 Å². The van der Waals surface area contributed by atoms with Crippen molar-refractivity contribution in [3.05, 3.63) is 113 Å². The molecule has 186 valence electrons. The molecule has 0 saturated heterocycles. The Hall–Kier alpha value is -3.81. The lowest BCUT2D eigenvalue weighted by atomic mass is 10.0. The lowest BCUT2D eigenvalue weighted by molar-refractivity contribution is -0.187. The van der Waals surface area contributed by atoms with E-state index >= 15 is 0 Å². The largest absolute Gasteiger partial charge is 0.426 e. The van der Waals surface area contributed by atoms with Crippen molar-refractivity contribution < 1.29 is 35.5 Å². The standard InChI is InChI=1S/C28H19F7O/c1-2-3-16-4-6-17(7-5-16)18-8-10-20(11-9-18)28(34,35)36-24-13-12-21(25(31)27(24)33)19-14-22(29)26(32)23(30)15-19/h4-15H,2-3H2,1H3. The molecule has 0 spiro atoms. The minimum atomic E-state index is -4.02. The van der Waals surface area contributed by atoms with Crippen molar-refractivity contribution in [1.82, 2.24) is 0 Å². The first kappa shape index (κ1) is 25.3. The van der Waals surface area contributed by atoms with Crippen LogP contribution in [0.2, 0.25) is 0 Å². The predicted octanol–water partition coefficient (Wildman–Crippen LogP) is 8.80. The second-order valence-electron chi connectivity index (χ2n) is 8.14. The van der Waals surface area contributed by atoms with Crippen LogP contribution in [0.15, 0.2) is 72.8 Å². The number of hydrogen-bond donors (Lipinski definition) is 0. The molecular formula is C28H19F7O. The van der Waals surface area contributed by atoms with Crippen LogP contribution in [0.25, 0.3) is 22.3 Å². The number of hydrogen-bond acceptors (Lipinski definition) is 1. The normalized spacial score (nSPS) is 11.6. The van der Waals surface area contributed by atoms with Crippen LogP contribution in [0.4, 0.5) is 30.7 Å². The molecule has 0 fully saturated rings. The monoisotopic (exact) mass is 504 g/mol. The van der Waals surface area contributed by atoms with E-state index in [0.29, 0.717) is 23.8 Å². The SMILES string of the molecule is CCCc1ccc(-c2ccc(C(F)(F)Oc3ccc(-c4cc(F)c(F)c(F)c4)c(F)c3F)cc2)cc1. The predicted molar refractivity (Wildman–Crippen MR) is 122 cm³/mol. The van der Waals surface area contributed by atoms with Crippen molar-refractivity contribution in [3.8, 4) is 28.0 Å². The van der Waals surface area contributed by atoms with E-state index in [2.05, 4.69) is 11.7 Å². The van der Waals surface area contributed by atoms with E-state index in [0.717, 1.165) is 42.2 Å². The summed E-state index contributed by atoms with van der Waals surface area (Å²) < 4.78 is 103. The number of ether oxygens (including phenoxy) is 1. The Kier molecular flexibility index (Phi) is 7.06. The molecule has 0 amide bonds. The van der Waals surface area contributed by atoms with Gasteiger partial charge in [0.1, 0.15) is 0 Å². The number of rotatable bonds is 7. The maximum atomic E-state index is 14.7. The summed E-state index contributed by atoms with van der Waals surface area (Å²) in [7, 11) is 0. The van der Waals surface area contributed by atoms with Gasteiger partial charge in [0.2, 0.25) is 5.82 Å². The third-order valence-electron chi connectivity index (χ3n) is 5.63. The van der Waals surface area contributed by atoms with E-state index < -0.39 is 57.6 Å². The smallest absolute Gasteiger partial charge is 0.426 e. The van der Waals surface area contributed by atoms with E-state index in [1.807, 2.05) is 24.3 Å². The van der Waals surface area contributed by atoms with E-state index in [1.165, 1.54) is 12.1 Å². The molecular weight excluding hydrogens is 485 g/mol. The van der Waals surface area contributed by atoms with Gasteiger partial charge in [-0.3, -0.25) is 0 Å². The molecule has 0 aromatic heterocycles. The van der Waals surface area contributed by atoms with Crippen molar-refractivity contribution in [2.45, 2.75) is 25.9 Å². The first-order valence-electron chi connectivity index (χ1n) is 11.0. The fraction of sp³-hybridized carbons (Fsp3) is 0.143. The Morgan fingerprint density at radius 2 is 1.19 bits per heavy atom. The molecule has 36 heavy (non-hydrogen) atoms. The molecule has 4 aromatic carbocycles. The van der Waals surface area contributed by atoms with Crippen molar-refractivity contribution in [1.29, 1.82) is 0 Å². The number of benzene rings is 4. The highest BCUT2D eigenvalue weighted by atomic mass is 19.3. The van der Waals surface area contributed by atoms with Crippen LogP contribution in [0, 0.1) is 29.1 Å². The average molecular weight is 504 g/mol. The molecule has 0 bridgehead atoms. The van der Waals surface area contributed by atoms with Gasteiger partial charge in [-0.05, 0) is 65.1 Å². The molecule has 0 aliphatic carbocycles. The van der Waals surface area contributed by atoms with Crippen molar-refractivity contribution >= 4 is 0 Å². The van der Waals surface area contributed by atoms with Crippen molar-refractivity contribution in [2.75, 3.05) is 0 Å². The first-order valence-corrected chi connectivity index (χ1v) is 11.0. The third kappa shape index (κ3) is 5.08. The molecule has 0 N–H and O–H groups in total. The molecule has 0 unspecified atom stereocenters. The van der Waals surface area contributed by atoms with Crippen molar-refractivity contribution in [2.24, 2.45) is 0 Å². The minimum Gasteiger partial charge on any atom is -0.426 e. The van der Waals surface area contributed by atoms with Gasteiger partial charge in [0.05, 0.1) is 5.56 Å². The fourth-order valence-electron chi connectivity index (χ4n) is 3.75. The summed E-state index contributed by atoms with van der Waals surface area (Å²) in [6.07, 6.45) is -2.09. The van der Waals surface area contributed by atoms with Crippen LogP contribution >= 0.6 is 0 Å². The summed E-state index contributed by atoms with van der Waals surface area (Å²) in [5.74, 6) is -9.59. The molecule has 0 heterocycles. The highest BCUT2D eigenvalue weighted by molar-refractivity contribution is 5.66. The summed E-state index contributed by atoms with van der Waals surface area (Å²) in [6, 6.07) is 15.3. The molecule has 0 saturated carbocycles. The van der Waals surface area contributed by atoms with Gasteiger partial charge in [-0.2, -0.15) is 13.2 Å². The summed E-state index contributed by atoms with van der Waals surface area (Å²) >= 11 is 0. The van der Waals surface area contributed by atoms with Crippen LogP contribution in [0.1, 0.15) is 24.5 Å². The second-order valence-corrected chi connectivity index (χ2v) is 8.14. The zero-order chi connectivity index (χ0) is 26.0. The quantitative estimate of drug-likeness (QED) is 0.181. The maximum absolute atomic E-state index is 14.7. The second kappa shape index (κ2) is 10.0. The molecule has 4 aromatic rings. The van der Waals surface area contributed by atoms with E-state index in [4.69, 9.17) is 0 Å². The molecule has 0 aliphatic rings. The molecule has 0 atom stereocenters. The van der Waals surface area contributed by atoms with E-state index in [1.54, 1.807) is 0 Å². The van der Waals surface area contributed by atoms with Gasteiger partial charge in [-0.1, -0.05) is 49.7 Å². The lowest BCUT2D eigenvalue weighted by Crippen LogP contribution is -2.22. The molecule has 4 rings (SSSR count). The highest BCUT2D eigenvalue weighted by Gasteiger charge is 2.36. The molecule has 8 heteroatoms. The zero-order valence-electron chi connectivity index (χ0n) is 18.9. The van der Waals surface area contributed by atoms with Gasteiger partial charge in [0.15, 0.2) is 29.0 Å². The lowest BCUT2D eigenvalue weighted by Gasteiger charge is -2.19. The summed E-state index contributed by atoms with van der Waals surface area (Å²) in [5, 5.41) is 0. The first-order chi connectivity index (χ1) is 17.1. The minimum absolute atomic E-state index is 0.463. The van der Waals surface area contributed by atoms with Gasteiger partial charge >= 0.3 is 6.11 Å². The molecule has 0 radical (unpaired) electrons. The van der Waals surface area contributed by atoms with E-state index in [-0.39, 0.29) is 0 Å². The fourth-order valence-corrected chi connectivity index (χ4v) is 3.75. The average Bonchev–Trinajstić information content (AvgIpc) is 2.86. The summed E-state index contributed by atoms with van der Waals surface area (Å²) in [5.41, 5.74) is 0.892.